The molecular weight excluding hydrogens is 183 g/mol. The fourth-order valence-electron chi connectivity index (χ4n) is 1.75. The lowest BCUT2D eigenvalue weighted by atomic mass is 9.97. The number of hydrogen-bond acceptors (Lipinski definition) is 2. The maximum atomic E-state index is 13.3. The highest BCUT2D eigenvalue weighted by Gasteiger charge is 2.23. The Morgan fingerprint density at radius 1 is 1.50 bits per heavy atom. The Morgan fingerprint density at radius 2 is 2.29 bits per heavy atom. The van der Waals surface area contributed by atoms with Crippen molar-refractivity contribution in [3.63, 3.8) is 0 Å². The maximum absolute atomic E-state index is 13.3. The summed E-state index contributed by atoms with van der Waals surface area (Å²) in [6, 6.07) is 2.89. The lowest BCUT2D eigenvalue weighted by Crippen LogP contribution is -2.18. The smallest absolute Gasteiger partial charge is 0.170 e. The highest BCUT2D eigenvalue weighted by atomic mass is 19.1. The third kappa shape index (κ3) is 1.29. The first-order valence-electron chi connectivity index (χ1n) is 4.71. The fourth-order valence-corrected chi connectivity index (χ4v) is 1.75. The molecule has 0 N–H and O–H groups in total. The second-order valence-corrected chi connectivity index (χ2v) is 3.27. The van der Waals surface area contributed by atoms with Crippen molar-refractivity contribution in [3.05, 3.63) is 29.1 Å². The number of carbonyl (C=O) groups is 1. The number of benzene rings is 1. The molecule has 1 aliphatic rings. The molecule has 14 heavy (non-hydrogen) atoms. The van der Waals surface area contributed by atoms with Crippen molar-refractivity contribution >= 4 is 5.78 Å². The Bertz CT molecular complexity index is 385. The van der Waals surface area contributed by atoms with E-state index in [-0.39, 0.29) is 11.6 Å². The third-order valence-electron chi connectivity index (χ3n) is 2.44. The van der Waals surface area contributed by atoms with E-state index in [9.17, 15) is 9.18 Å². The molecule has 0 aromatic heterocycles. The number of fused-ring (bicyclic) bond motifs is 1. The largest absolute Gasteiger partial charge is 0.492 e. The van der Waals surface area contributed by atoms with Crippen molar-refractivity contribution in [2.24, 2.45) is 0 Å². The van der Waals surface area contributed by atoms with Gasteiger partial charge in [-0.15, -0.1) is 0 Å². The lowest BCUT2D eigenvalue weighted by molar-refractivity contribution is 0.0931. The first kappa shape index (κ1) is 9.19. The van der Waals surface area contributed by atoms with Gasteiger partial charge in [0.1, 0.15) is 11.6 Å². The van der Waals surface area contributed by atoms with Gasteiger partial charge < -0.3 is 4.74 Å². The first-order valence-corrected chi connectivity index (χ1v) is 4.71. The van der Waals surface area contributed by atoms with Gasteiger partial charge in [-0.2, -0.15) is 0 Å². The molecule has 1 aromatic carbocycles. The second-order valence-electron chi connectivity index (χ2n) is 3.27. The fraction of sp³-hybridized carbons (Fsp3) is 0.364. The van der Waals surface area contributed by atoms with Crippen molar-refractivity contribution in [1.82, 2.24) is 0 Å². The van der Waals surface area contributed by atoms with Crippen molar-refractivity contribution in [2.75, 3.05) is 6.61 Å². The molecule has 1 aromatic rings. The molecule has 2 rings (SSSR count). The maximum Gasteiger partial charge on any atom is 0.170 e. The molecule has 0 amide bonds. The zero-order valence-corrected chi connectivity index (χ0v) is 7.97. The van der Waals surface area contributed by atoms with E-state index in [2.05, 4.69) is 0 Å². The minimum atomic E-state index is -0.315. The minimum absolute atomic E-state index is 0.0115. The summed E-state index contributed by atoms with van der Waals surface area (Å²) in [5.74, 6) is 0.201. The summed E-state index contributed by atoms with van der Waals surface area (Å²) >= 11 is 0. The van der Waals surface area contributed by atoms with Gasteiger partial charge in [-0.05, 0) is 18.6 Å². The normalized spacial score (nSPS) is 14.9. The van der Waals surface area contributed by atoms with Crippen molar-refractivity contribution in [2.45, 2.75) is 19.8 Å². The molecule has 3 heteroatoms. The van der Waals surface area contributed by atoms with E-state index in [1.54, 1.807) is 0 Å². The molecule has 1 heterocycles. The zero-order chi connectivity index (χ0) is 10.1. The van der Waals surface area contributed by atoms with Crippen LogP contribution in [0.1, 0.15) is 29.3 Å². The van der Waals surface area contributed by atoms with E-state index < -0.39 is 0 Å². The summed E-state index contributed by atoms with van der Waals surface area (Å²) in [5, 5.41) is 0. The van der Waals surface area contributed by atoms with Crippen LogP contribution in [-0.4, -0.2) is 12.4 Å². The summed E-state index contributed by atoms with van der Waals surface area (Å²) in [5.41, 5.74) is 0.922. The van der Waals surface area contributed by atoms with Gasteiger partial charge in [0.15, 0.2) is 5.78 Å². The number of rotatable bonds is 1. The molecule has 0 saturated heterocycles. The van der Waals surface area contributed by atoms with Crippen molar-refractivity contribution in [3.8, 4) is 5.75 Å². The van der Waals surface area contributed by atoms with E-state index in [0.29, 0.717) is 36.3 Å². The van der Waals surface area contributed by atoms with Crippen LogP contribution in [0.4, 0.5) is 4.39 Å². The van der Waals surface area contributed by atoms with E-state index in [1.165, 1.54) is 12.1 Å². The topological polar surface area (TPSA) is 26.3 Å². The predicted octanol–water partition coefficient (Wildman–Crippen LogP) is 2.35. The Hall–Kier alpha value is -1.38. The predicted molar refractivity (Wildman–Crippen MR) is 50.2 cm³/mol. The number of ether oxygens (including phenoxy) is 1. The zero-order valence-electron chi connectivity index (χ0n) is 7.97. The van der Waals surface area contributed by atoms with Crippen LogP contribution < -0.4 is 4.74 Å². The van der Waals surface area contributed by atoms with Crippen LogP contribution in [0.15, 0.2) is 12.1 Å². The SMILES string of the molecule is CCc1c(F)ccc2c1C(=O)CCO2. The van der Waals surface area contributed by atoms with Crippen molar-refractivity contribution < 1.29 is 13.9 Å². The molecular formula is C11H11FO2. The molecule has 0 fully saturated rings. The molecule has 0 saturated carbocycles. The Kier molecular flexibility index (Phi) is 2.23. The van der Waals surface area contributed by atoms with E-state index >= 15 is 0 Å². The molecule has 0 bridgehead atoms. The Morgan fingerprint density at radius 3 is 3.00 bits per heavy atom. The molecule has 1 aliphatic heterocycles. The first-order chi connectivity index (χ1) is 6.74. The van der Waals surface area contributed by atoms with Crippen LogP contribution >= 0.6 is 0 Å². The number of halogens is 1. The van der Waals surface area contributed by atoms with Gasteiger partial charge in [-0.25, -0.2) is 4.39 Å². The monoisotopic (exact) mass is 194 g/mol. The molecule has 0 atom stereocenters. The summed E-state index contributed by atoms with van der Waals surface area (Å²) in [7, 11) is 0. The van der Waals surface area contributed by atoms with Crippen LogP contribution in [0.25, 0.3) is 0 Å². The minimum Gasteiger partial charge on any atom is -0.492 e. The second kappa shape index (κ2) is 3.40. The van der Waals surface area contributed by atoms with Crippen molar-refractivity contribution in [1.29, 1.82) is 0 Å². The van der Waals surface area contributed by atoms with E-state index in [4.69, 9.17) is 4.74 Å². The average Bonchev–Trinajstić information content (AvgIpc) is 2.19. The van der Waals surface area contributed by atoms with Crippen LogP contribution in [0.2, 0.25) is 0 Å². The molecule has 2 nitrogen and oxygen atoms in total. The van der Waals surface area contributed by atoms with Gasteiger partial charge in [0.2, 0.25) is 0 Å². The highest BCUT2D eigenvalue weighted by molar-refractivity contribution is 6.01. The summed E-state index contributed by atoms with van der Waals surface area (Å²) in [6.07, 6.45) is 0.869. The summed E-state index contributed by atoms with van der Waals surface area (Å²) in [4.78, 5) is 11.6. The van der Waals surface area contributed by atoms with Crippen LogP contribution in [0, 0.1) is 5.82 Å². The van der Waals surface area contributed by atoms with E-state index in [0.717, 1.165) is 0 Å². The third-order valence-corrected chi connectivity index (χ3v) is 2.44. The van der Waals surface area contributed by atoms with Gasteiger partial charge in [0.25, 0.3) is 0 Å². The number of ketones is 1. The summed E-state index contributed by atoms with van der Waals surface area (Å²) < 4.78 is 18.6. The van der Waals surface area contributed by atoms with Gasteiger partial charge in [-0.1, -0.05) is 6.92 Å². The van der Waals surface area contributed by atoms with E-state index in [1.807, 2.05) is 6.92 Å². The molecule has 74 valence electrons. The molecule has 0 radical (unpaired) electrons. The van der Waals surface area contributed by atoms with Crippen LogP contribution in [0.3, 0.4) is 0 Å². The molecule has 0 aliphatic carbocycles. The van der Waals surface area contributed by atoms with Crippen LogP contribution in [-0.2, 0) is 6.42 Å². The van der Waals surface area contributed by atoms with Gasteiger partial charge in [-0.3, -0.25) is 4.79 Å². The Labute approximate surface area is 81.7 Å². The average molecular weight is 194 g/mol. The van der Waals surface area contributed by atoms with Gasteiger partial charge in [0.05, 0.1) is 12.2 Å². The number of Topliss-reactive ketones (excluding diaryl/α,β-unsaturated/α-hetero) is 1. The lowest BCUT2D eigenvalue weighted by Gasteiger charge is -2.18. The summed E-state index contributed by atoms with van der Waals surface area (Å²) in [6.45, 7) is 2.24. The highest BCUT2D eigenvalue weighted by Crippen LogP contribution is 2.29. The number of hydrogen-bond donors (Lipinski definition) is 0. The quantitative estimate of drug-likeness (QED) is 0.686. The van der Waals surface area contributed by atoms with Gasteiger partial charge in [0, 0.05) is 12.0 Å². The Balaban J connectivity index is 2.63. The molecule has 0 unspecified atom stereocenters. The van der Waals surface area contributed by atoms with Crippen LogP contribution in [0.5, 0.6) is 5.75 Å². The standard InChI is InChI=1S/C11H11FO2/c1-2-7-8(12)3-4-10-11(7)9(13)5-6-14-10/h3-4H,2,5-6H2,1H3. The molecule has 0 spiro atoms. The van der Waals surface area contributed by atoms with Gasteiger partial charge >= 0.3 is 0 Å². The number of carbonyl (C=O) groups excluding carboxylic acids is 1.